The average molecular weight is 695 g/mol. The molecular weight excluding hydrogens is 672 g/mol. The number of fused-ring (bicyclic) bond motifs is 6. The Morgan fingerprint density at radius 1 is 0.385 bits per heavy atom. The molecule has 254 valence electrons. The van der Waals surface area contributed by atoms with Crippen LogP contribution in [0.4, 0.5) is 34.1 Å². The zero-order valence-corrected chi connectivity index (χ0v) is 26.5. The zero-order chi connectivity index (χ0) is 36.3. The number of para-hydroxylation sites is 4. The van der Waals surface area contributed by atoms with Crippen molar-refractivity contribution in [2.24, 2.45) is 0 Å². The van der Waals surface area contributed by atoms with Crippen molar-refractivity contribution in [3.8, 4) is 11.1 Å². The first-order valence-electron chi connectivity index (χ1n) is 15.6. The van der Waals surface area contributed by atoms with Crippen molar-refractivity contribution in [2.45, 2.75) is 0 Å². The second-order valence-corrected chi connectivity index (χ2v) is 11.8. The van der Waals surface area contributed by atoms with Gasteiger partial charge in [-0.15, -0.1) is 0 Å². The molecule has 6 aromatic carbocycles. The van der Waals surface area contributed by atoms with Crippen LogP contribution in [0.25, 0.3) is 54.7 Å². The number of aromatic nitrogens is 2. The van der Waals surface area contributed by atoms with Crippen molar-refractivity contribution in [1.29, 1.82) is 0 Å². The Labute approximate surface area is 290 Å². The van der Waals surface area contributed by atoms with Gasteiger partial charge in [-0.3, -0.25) is 60.7 Å². The highest BCUT2D eigenvalue weighted by molar-refractivity contribution is 6.09. The van der Waals surface area contributed by atoms with E-state index in [1.165, 1.54) is 9.35 Å². The van der Waals surface area contributed by atoms with Crippen molar-refractivity contribution < 1.29 is 19.7 Å². The Hall–Kier alpha value is -7.88. The van der Waals surface area contributed by atoms with Gasteiger partial charge in [-0.2, -0.15) is 0 Å². The summed E-state index contributed by atoms with van der Waals surface area (Å²) in [6.45, 7) is 0. The van der Waals surface area contributed by atoms with Gasteiger partial charge in [-0.05, 0) is 35.4 Å². The van der Waals surface area contributed by atoms with E-state index in [0.29, 0.717) is 22.1 Å². The van der Waals surface area contributed by atoms with E-state index < -0.39 is 53.8 Å². The van der Waals surface area contributed by atoms with E-state index in [4.69, 9.17) is 0 Å². The van der Waals surface area contributed by atoms with Gasteiger partial charge in [0.1, 0.15) is 0 Å². The number of nitrogens with zero attached hydrogens (tertiary/aromatic N) is 6. The number of rotatable bonds is 9. The van der Waals surface area contributed by atoms with Gasteiger partial charge in [-0.1, -0.05) is 72.8 Å². The molecule has 2 heterocycles. The SMILES string of the molecule is O=[N+]([O-])c1cc(-c2cc([N+](=O)[O-])c(Nn3c4ccccc4c4ccccc43)c([N+](=O)[O-])c2)cc([N+](=O)[O-])c1Nn1c2ccccc2c2ccccc21. The lowest BCUT2D eigenvalue weighted by atomic mass is 10.0. The maximum Gasteiger partial charge on any atom is 0.301 e. The van der Waals surface area contributed by atoms with E-state index in [0.717, 1.165) is 45.8 Å². The van der Waals surface area contributed by atoms with E-state index >= 15 is 0 Å². The zero-order valence-electron chi connectivity index (χ0n) is 26.5. The van der Waals surface area contributed by atoms with Gasteiger partial charge in [-0.25, -0.2) is 0 Å². The predicted octanol–water partition coefficient (Wildman–Crippen LogP) is 8.95. The summed E-state index contributed by atoms with van der Waals surface area (Å²) in [5.74, 6) is 0. The summed E-state index contributed by atoms with van der Waals surface area (Å²) in [6.07, 6.45) is 0. The molecule has 0 aliphatic carbocycles. The van der Waals surface area contributed by atoms with E-state index in [1.54, 1.807) is 48.5 Å². The summed E-state index contributed by atoms with van der Waals surface area (Å²) >= 11 is 0. The summed E-state index contributed by atoms with van der Waals surface area (Å²) < 4.78 is 3.01. The van der Waals surface area contributed by atoms with Gasteiger partial charge in [0.2, 0.25) is 11.4 Å². The van der Waals surface area contributed by atoms with E-state index in [2.05, 4.69) is 10.9 Å². The van der Waals surface area contributed by atoms with E-state index in [-0.39, 0.29) is 11.1 Å². The summed E-state index contributed by atoms with van der Waals surface area (Å²) in [5, 5.41) is 53.3. The van der Waals surface area contributed by atoms with Crippen molar-refractivity contribution in [3.05, 3.63) is 162 Å². The van der Waals surface area contributed by atoms with Gasteiger partial charge in [0, 0.05) is 45.8 Å². The first-order chi connectivity index (χ1) is 25.1. The lowest BCUT2D eigenvalue weighted by molar-refractivity contribution is -0.392. The molecule has 8 aromatic rings. The molecule has 0 saturated heterocycles. The second-order valence-electron chi connectivity index (χ2n) is 11.8. The first-order valence-corrected chi connectivity index (χ1v) is 15.6. The average Bonchev–Trinajstić information content (AvgIpc) is 3.63. The Morgan fingerprint density at radius 3 is 0.846 bits per heavy atom. The maximum atomic E-state index is 12.5. The molecule has 16 nitrogen and oxygen atoms in total. The van der Waals surface area contributed by atoms with Crippen LogP contribution in [-0.4, -0.2) is 29.0 Å². The third-order valence-electron chi connectivity index (χ3n) is 8.92. The molecule has 0 aliphatic rings. The number of nitrogens with one attached hydrogen (secondary N) is 2. The molecule has 16 heteroatoms. The molecule has 0 radical (unpaired) electrons. The molecule has 0 unspecified atom stereocenters. The molecule has 8 rings (SSSR count). The number of hydrogen-bond acceptors (Lipinski definition) is 10. The molecular formula is C36H22N8O8. The van der Waals surface area contributed by atoms with Crippen molar-refractivity contribution in [1.82, 2.24) is 9.35 Å². The predicted molar refractivity (Wildman–Crippen MR) is 195 cm³/mol. The fraction of sp³-hybridized carbons (Fsp3) is 0. The minimum absolute atomic E-state index is 0.221. The molecule has 0 aliphatic heterocycles. The topological polar surface area (TPSA) is 206 Å². The molecule has 2 N–H and O–H groups in total. The van der Waals surface area contributed by atoms with Crippen molar-refractivity contribution >= 4 is 77.7 Å². The highest BCUT2D eigenvalue weighted by atomic mass is 16.6. The maximum absolute atomic E-state index is 12.5. The number of benzene rings is 6. The minimum atomic E-state index is -0.826. The Bertz CT molecular complexity index is 2470. The summed E-state index contributed by atoms with van der Waals surface area (Å²) in [6, 6.07) is 32.7. The number of nitro groups is 4. The number of nitro benzene ring substituents is 4. The molecule has 0 saturated carbocycles. The van der Waals surface area contributed by atoms with Crippen LogP contribution < -0.4 is 10.9 Å². The molecule has 0 spiro atoms. The lowest BCUT2D eigenvalue weighted by Gasteiger charge is -2.14. The fourth-order valence-electron chi connectivity index (χ4n) is 6.67. The minimum Gasteiger partial charge on any atom is -0.282 e. The second kappa shape index (κ2) is 11.9. The molecule has 0 bridgehead atoms. The standard InChI is InChI=1S/C36H22N8O8/c45-41(46)31-17-21(18-32(42(47)48)35(31)37-39-27-13-5-1-9-23(27)24-10-2-6-14-28(24)39)22-19-33(43(49)50)36(34(20-22)44(51)52)38-40-29-15-7-3-11-25(29)26-12-4-8-16-30(26)40/h1-20,37-38H. The van der Waals surface area contributed by atoms with Gasteiger partial charge in [0.15, 0.2) is 0 Å². The Morgan fingerprint density at radius 2 is 0.615 bits per heavy atom. The van der Waals surface area contributed by atoms with Crippen LogP contribution in [0.2, 0.25) is 0 Å². The van der Waals surface area contributed by atoms with Crippen LogP contribution in [0.5, 0.6) is 0 Å². The quantitative estimate of drug-likeness (QED) is 0.108. The first kappa shape index (κ1) is 31.4. The highest BCUT2D eigenvalue weighted by Gasteiger charge is 2.32. The van der Waals surface area contributed by atoms with Crippen LogP contribution in [0, 0.1) is 40.5 Å². The van der Waals surface area contributed by atoms with Crippen LogP contribution in [0.15, 0.2) is 121 Å². The van der Waals surface area contributed by atoms with Gasteiger partial charge >= 0.3 is 22.7 Å². The highest BCUT2D eigenvalue weighted by Crippen LogP contribution is 2.45. The Balaban J connectivity index is 1.31. The smallest absolute Gasteiger partial charge is 0.282 e. The molecule has 52 heavy (non-hydrogen) atoms. The number of hydrogen-bond donors (Lipinski definition) is 2. The fourth-order valence-corrected chi connectivity index (χ4v) is 6.67. The molecule has 2 aromatic heterocycles. The summed E-state index contributed by atoms with van der Waals surface area (Å²) in [7, 11) is 0. The molecule has 0 atom stereocenters. The van der Waals surface area contributed by atoms with Crippen LogP contribution in [0.1, 0.15) is 0 Å². The van der Waals surface area contributed by atoms with Crippen LogP contribution >= 0.6 is 0 Å². The normalized spacial score (nSPS) is 11.3. The largest absolute Gasteiger partial charge is 0.301 e. The molecule has 0 fully saturated rings. The van der Waals surface area contributed by atoms with Crippen molar-refractivity contribution in [3.63, 3.8) is 0 Å². The van der Waals surface area contributed by atoms with Gasteiger partial charge < -0.3 is 0 Å². The van der Waals surface area contributed by atoms with Crippen molar-refractivity contribution in [2.75, 3.05) is 10.9 Å². The van der Waals surface area contributed by atoms with Crippen LogP contribution in [0.3, 0.4) is 0 Å². The number of anilines is 2. The van der Waals surface area contributed by atoms with Crippen LogP contribution in [-0.2, 0) is 0 Å². The summed E-state index contributed by atoms with van der Waals surface area (Å²) in [4.78, 5) is 46.8. The molecule has 0 amide bonds. The summed E-state index contributed by atoms with van der Waals surface area (Å²) in [5.41, 5.74) is 3.82. The van der Waals surface area contributed by atoms with E-state index in [9.17, 15) is 40.5 Å². The monoisotopic (exact) mass is 694 g/mol. The van der Waals surface area contributed by atoms with E-state index in [1.807, 2.05) is 48.5 Å². The van der Waals surface area contributed by atoms with Gasteiger partial charge in [0.25, 0.3) is 0 Å². The van der Waals surface area contributed by atoms with Gasteiger partial charge in [0.05, 0.1) is 41.8 Å². The third-order valence-corrected chi connectivity index (χ3v) is 8.92. The Kier molecular flexibility index (Phi) is 7.19. The third kappa shape index (κ3) is 4.94. The lowest BCUT2D eigenvalue weighted by Crippen LogP contribution is -2.13.